The molecular weight excluding hydrogens is 452 g/mol. The second kappa shape index (κ2) is 10.4. The zero-order valence-electron chi connectivity index (χ0n) is 17.6. The number of nitrogens with zero attached hydrogens (tertiary/aromatic N) is 1. The van der Waals surface area contributed by atoms with Crippen LogP contribution in [0.5, 0.6) is 11.5 Å². The van der Waals surface area contributed by atoms with Gasteiger partial charge in [0.25, 0.3) is 10.0 Å². The second-order valence-corrected chi connectivity index (χ2v) is 9.02. The molecule has 0 fully saturated rings. The number of nitrogens with one attached hydrogen (secondary N) is 1. The number of hydrogen-bond acceptors (Lipinski definition) is 5. The number of carbonyl (C=O) groups is 1. The fourth-order valence-electron chi connectivity index (χ4n) is 3.10. The molecule has 1 N–H and O–H groups in total. The van der Waals surface area contributed by atoms with Crippen molar-refractivity contribution in [3.05, 3.63) is 83.4 Å². The van der Waals surface area contributed by atoms with Crippen molar-refractivity contribution < 1.29 is 22.7 Å². The highest BCUT2D eigenvalue weighted by Gasteiger charge is 2.29. The maximum absolute atomic E-state index is 13.4. The van der Waals surface area contributed by atoms with Gasteiger partial charge in [-0.05, 0) is 42.5 Å². The topological polar surface area (TPSA) is 84.9 Å². The van der Waals surface area contributed by atoms with Crippen LogP contribution in [-0.4, -0.2) is 35.1 Å². The molecule has 168 valence electrons. The zero-order chi connectivity index (χ0) is 23.1. The predicted molar refractivity (Wildman–Crippen MR) is 124 cm³/mol. The molecule has 0 saturated carbocycles. The summed E-state index contributed by atoms with van der Waals surface area (Å²) in [4.78, 5) is 12.8. The molecule has 0 unspecified atom stereocenters. The van der Waals surface area contributed by atoms with Crippen molar-refractivity contribution in [3.63, 3.8) is 0 Å². The van der Waals surface area contributed by atoms with Crippen LogP contribution in [-0.2, 0) is 21.4 Å². The summed E-state index contributed by atoms with van der Waals surface area (Å²) in [5, 5.41) is 3.16. The van der Waals surface area contributed by atoms with E-state index in [0.29, 0.717) is 16.5 Å². The van der Waals surface area contributed by atoms with Gasteiger partial charge in [0, 0.05) is 17.1 Å². The van der Waals surface area contributed by atoms with Crippen molar-refractivity contribution in [2.75, 3.05) is 25.1 Å². The van der Waals surface area contributed by atoms with Crippen LogP contribution in [0.4, 0.5) is 5.69 Å². The van der Waals surface area contributed by atoms with E-state index in [9.17, 15) is 13.2 Å². The van der Waals surface area contributed by atoms with Crippen LogP contribution in [0.1, 0.15) is 5.56 Å². The number of benzene rings is 3. The quantitative estimate of drug-likeness (QED) is 0.509. The summed E-state index contributed by atoms with van der Waals surface area (Å²) in [6, 6.07) is 19.6. The predicted octanol–water partition coefficient (Wildman–Crippen LogP) is 3.87. The number of anilines is 1. The van der Waals surface area contributed by atoms with Gasteiger partial charge in [-0.1, -0.05) is 41.9 Å². The van der Waals surface area contributed by atoms with Gasteiger partial charge in [0.15, 0.2) is 0 Å². The fraction of sp³-hybridized carbons (Fsp3) is 0.174. The molecule has 9 heteroatoms. The van der Waals surface area contributed by atoms with Crippen molar-refractivity contribution in [1.82, 2.24) is 5.32 Å². The second-order valence-electron chi connectivity index (χ2n) is 6.73. The number of halogens is 1. The van der Waals surface area contributed by atoms with Crippen LogP contribution < -0.4 is 19.1 Å². The lowest BCUT2D eigenvalue weighted by Gasteiger charge is -2.25. The van der Waals surface area contributed by atoms with E-state index in [2.05, 4.69) is 5.32 Å². The molecule has 0 spiro atoms. The van der Waals surface area contributed by atoms with Crippen molar-refractivity contribution in [2.45, 2.75) is 11.4 Å². The fourth-order valence-corrected chi connectivity index (χ4v) is 4.66. The number of methoxy groups -OCH3 is 2. The number of sulfonamides is 1. The average molecular weight is 475 g/mol. The smallest absolute Gasteiger partial charge is 0.264 e. The Bertz CT molecular complexity index is 1180. The Labute approximate surface area is 192 Å². The first-order valence-corrected chi connectivity index (χ1v) is 11.5. The molecule has 0 atom stereocenters. The van der Waals surface area contributed by atoms with Gasteiger partial charge >= 0.3 is 0 Å². The van der Waals surface area contributed by atoms with Gasteiger partial charge in [0.1, 0.15) is 18.0 Å². The molecule has 0 bridgehead atoms. The van der Waals surface area contributed by atoms with Crippen molar-refractivity contribution in [3.8, 4) is 11.5 Å². The molecule has 0 saturated heterocycles. The van der Waals surface area contributed by atoms with Crippen LogP contribution in [0.25, 0.3) is 0 Å². The molecule has 0 heterocycles. The van der Waals surface area contributed by atoms with E-state index >= 15 is 0 Å². The number of amides is 1. The Hall–Kier alpha value is -3.23. The average Bonchev–Trinajstić information content (AvgIpc) is 2.81. The summed E-state index contributed by atoms with van der Waals surface area (Å²) in [6.45, 7) is -0.260. The lowest BCUT2D eigenvalue weighted by molar-refractivity contribution is -0.119. The number of ether oxygens (including phenoxy) is 2. The van der Waals surface area contributed by atoms with Crippen molar-refractivity contribution in [1.29, 1.82) is 0 Å². The summed E-state index contributed by atoms with van der Waals surface area (Å²) in [5.74, 6) is 0.463. The van der Waals surface area contributed by atoms with Crippen LogP contribution in [0.3, 0.4) is 0 Å². The maximum Gasteiger partial charge on any atom is 0.264 e. The highest BCUT2D eigenvalue weighted by molar-refractivity contribution is 7.92. The number of para-hydroxylation sites is 3. The third-order valence-corrected chi connectivity index (χ3v) is 6.74. The third kappa shape index (κ3) is 5.33. The van der Waals surface area contributed by atoms with Crippen LogP contribution in [0, 0.1) is 0 Å². The Kier molecular flexibility index (Phi) is 7.61. The minimum absolute atomic E-state index is 0.00494. The zero-order valence-corrected chi connectivity index (χ0v) is 19.2. The van der Waals surface area contributed by atoms with Gasteiger partial charge in [-0.2, -0.15) is 0 Å². The monoisotopic (exact) mass is 474 g/mol. The van der Waals surface area contributed by atoms with Gasteiger partial charge in [-0.15, -0.1) is 0 Å². The van der Waals surface area contributed by atoms with Crippen LogP contribution in [0.15, 0.2) is 77.7 Å². The minimum atomic E-state index is -4.09. The molecule has 7 nitrogen and oxygen atoms in total. The van der Waals surface area contributed by atoms with E-state index in [4.69, 9.17) is 21.1 Å². The van der Waals surface area contributed by atoms with Crippen molar-refractivity contribution in [2.24, 2.45) is 0 Å². The molecular formula is C23H23ClN2O5S. The normalized spacial score (nSPS) is 11.0. The summed E-state index contributed by atoms with van der Waals surface area (Å²) in [6.07, 6.45) is 0. The first kappa shape index (κ1) is 23.4. The summed E-state index contributed by atoms with van der Waals surface area (Å²) in [7, 11) is -1.10. The lowest BCUT2D eigenvalue weighted by Crippen LogP contribution is -2.40. The van der Waals surface area contributed by atoms with E-state index in [1.807, 2.05) is 18.2 Å². The Morgan fingerprint density at radius 1 is 0.906 bits per heavy atom. The van der Waals surface area contributed by atoms with Crippen LogP contribution in [0.2, 0.25) is 5.02 Å². The molecule has 0 aliphatic carbocycles. The highest BCUT2D eigenvalue weighted by atomic mass is 35.5. The van der Waals surface area contributed by atoms with E-state index < -0.39 is 22.5 Å². The Balaban J connectivity index is 1.91. The highest BCUT2D eigenvalue weighted by Crippen LogP contribution is 2.32. The van der Waals surface area contributed by atoms with Gasteiger partial charge in [-0.3, -0.25) is 9.10 Å². The SMILES string of the molecule is COc1ccccc1CNC(=O)CN(c1ccccc1OC)S(=O)(=O)c1ccc(Cl)cc1. The van der Waals surface area contributed by atoms with E-state index in [1.54, 1.807) is 37.4 Å². The molecule has 0 radical (unpaired) electrons. The summed E-state index contributed by atoms with van der Waals surface area (Å²) < 4.78 is 38.6. The molecule has 1 amide bonds. The van der Waals surface area contributed by atoms with E-state index in [-0.39, 0.29) is 17.1 Å². The molecule has 0 aliphatic rings. The van der Waals surface area contributed by atoms with E-state index in [0.717, 1.165) is 9.87 Å². The number of hydrogen-bond donors (Lipinski definition) is 1. The van der Waals surface area contributed by atoms with Gasteiger partial charge in [-0.25, -0.2) is 8.42 Å². The van der Waals surface area contributed by atoms with Crippen molar-refractivity contribution >= 4 is 33.2 Å². The molecule has 3 rings (SSSR count). The Morgan fingerprint density at radius 3 is 2.16 bits per heavy atom. The van der Waals surface area contributed by atoms with E-state index in [1.165, 1.54) is 31.4 Å². The standard InChI is InChI=1S/C23H23ClN2O5S/c1-30-21-9-5-3-7-17(21)15-25-23(27)16-26(20-8-4-6-10-22(20)31-2)32(28,29)19-13-11-18(24)12-14-19/h3-14H,15-16H2,1-2H3,(H,25,27). The minimum Gasteiger partial charge on any atom is -0.496 e. The maximum atomic E-state index is 13.4. The molecule has 3 aromatic carbocycles. The number of carbonyl (C=O) groups excluding carboxylic acids is 1. The lowest BCUT2D eigenvalue weighted by atomic mass is 10.2. The number of rotatable bonds is 9. The van der Waals surface area contributed by atoms with Gasteiger partial charge in [0.05, 0.1) is 24.8 Å². The van der Waals surface area contributed by atoms with Gasteiger partial charge < -0.3 is 14.8 Å². The molecule has 32 heavy (non-hydrogen) atoms. The first-order valence-electron chi connectivity index (χ1n) is 9.66. The van der Waals surface area contributed by atoms with Crippen LogP contribution >= 0.6 is 11.6 Å². The largest absolute Gasteiger partial charge is 0.496 e. The summed E-state index contributed by atoms with van der Waals surface area (Å²) in [5.41, 5.74) is 1.02. The first-order chi connectivity index (χ1) is 15.4. The van der Waals surface area contributed by atoms with Gasteiger partial charge in [0.2, 0.25) is 5.91 Å². The third-order valence-electron chi connectivity index (χ3n) is 4.71. The molecule has 3 aromatic rings. The Morgan fingerprint density at radius 2 is 1.50 bits per heavy atom. The molecule has 0 aliphatic heterocycles. The molecule has 0 aromatic heterocycles. The summed E-state index contributed by atoms with van der Waals surface area (Å²) >= 11 is 5.91.